The number of carboxylic acids is 1. The maximum Gasteiger partial charge on any atom is 0.573 e. The van der Waals surface area contributed by atoms with Gasteiger partial charge in [0.25, 0.3) is 5.91 Å². The normalized spacial score (nSPS) is 11.0. The van der Waals surface area contributed by atoms with Crippen LogP contribution in [0.3, 0.4) is 0 Å². The van der Waals surface area contributed by atoms with Crippen LogP contribution < -0.4 is 10.1 Å². The van der Waals surface area contributed by atoms with E-state index in [4.69, 9.17) is 0 Å². The molecule has 0 spiro atoms. The molecule has 0 saturated carbocycles. The molecule has 3 aromatic rings. The van der Waals surface area contributed by atoms with E-state index in [1.54, 1.807) is 36.4 Å². The first-order chi connectivity index (χ1) is 13.7. The van der Waals surface area contributed by atoms with E-state index in [0.29, 0.717) is 16.7 Å². The Kier molecular flexibility index (Phi) is 5.54. The van der Waals surface area contributed by atoms with E-state index in [1.807, 2.05) is 0 Å². The van der Waals surface area contributed by atoms with Crippen LogP contribution in [0.1, 0.15) is 20.7 Å². The van der Waals surface area contributed by atoms with Crippen LogP contribution in [0.5, 0.6) is 5.75 Å². The minimum absolute atomic E-state index is 0.0194. The summed E-state index contributed by atoms with van der Waals surface area (Å²) in [5, 5.41) is 11.9. The Morgan fingerprint density at radius 3 is 2.21 bits per heavy atom. The first-order valence-electron chi connectivity index (χ1n) is 8.33. The van der Waals surface area contributed by atoms with Crippen LogP contribution in [0.25, 0.3) is 11.1 Å². The lowest BCUT2D eigenvalue weighted by molar-refractivity contribution is -0.274. The quantitative estimate of drug-likeness (QED) is 0.616. The monoisotopic (exact) mass is 401 g/mol. The molecular weight excluding hydrogens is 387 g/mol. The van der Waals surface area contributed by atoms with E-state index in [1.165, 1.54) is 30.3 Å². The molecule has 0 saturated heterocycles. The van der Waals surface area contributed by atoms with Gasteiger partial charge in [-0.1, -0.05) is 36.4 Å². The van der Waals surface area contributed by atoms with E-state index >= 15 is 0 Å². The average Bonchev–Trinajstić information content (AvgIpc) is 2.67. The summed E-state index contributed by atoms with van der Waals surface area (Å²) in [5.74, 6) is -2.18. The molecule has 0 bridgehead atoms. The predicted octanol–water partition coefficient (Wildman–Crippen LogP) is 5.20. The van der Waals surface area contributed by atoms with Gasteiger partial charge in [0.05, 0.1) is 11.3 Å². The molecule has 5 nitrogen and oxygen atoms in total. The van der Waals surface area contributed by atoms with Crippen LogP contribution in [-0.4, -0.2) is 23.3 Å². The van der Waals surface area contributed by atoms with Crippen LogP contribution >= 0.6 is 0 Å². The minimum Gasteiger partial charge on any atom is -0.478 e. The summed E-state index contributed by atoms with van der Waals surface area (Å²) in [6, 6.07) is 17.5. The van der Waals surface area contributed by atoms with Gasteiger partial charge in [-0.3, -0.25) is 4.79 Å². The highest BCUT2D eigenvalue weighted by Crippen LogP contribution is 2.30. The third-order valence-electron chi connectivity index (χ3n) is 3.94. The van der Waals surface area contributed by atoms with Crippen LogP contribution in [0.4, 0.5) is 18.9 Å². The molecule has 8 heteroatoms. The molecule has 0 radical (unpaired) electrons. The summed E-state index contributed by atoms with van der Waals surface area (Å²) in [5.41, 5.74) is 0.964. The smallest absolute Gasteiger partial charge is 0.478 e. The number of anilines is 1. The van der Waals surface area contributed by atoms with Crippen molar-refractivity contribution < 1.29 is 32.6 Å². The molecule has 0 atom stereocenters. The third kappa shape index (κ3) is 5.13. The average molecular weight is 401 g/mol. The number of rotatable bonds is 5. The van der Waals surface area contributed by atoms with Crippen molar-refractivity contribution in [3.05, 3.63) is 83.9 Å². The van der Waals surface area contributed by atoms with Gasteiger partial charge in [0.15, 0.2) is 0 Å². The number of benzene rings is 3. The fourth-order valence-electron chi connectivity index (χ4n) is 2.67. The first kappa shape index (κ1) is 19.9. The molecule has 2 N–H and O–H groups in total. The van der Waals surface area contributed by atoms with Gasteiger partial charge in [-0.25, -0.2) is 4.79 Å². The molecule has 29 heavy (non-hydrogen) atoms. The first-order valence-corrected chi connectivity index (χ1v) is 8.33. The second-order valence-corrected chi connectivity index (χ2v) is 5.96. The number of alkyl halides is 3. The van der Waals surface area contributed by atoms with E-state index < -0.39 is 24.0 Å². The zero-order valence-electron chi connectivity index (χ0n) is 14.7. The maximum atomic E-state index is 12.5. The van der Waals surface area contributed by atoms with Gasteiger partial charge in [-0.2, -0.15) is 0 Å². The topological polar surface area (TPSA) is 75.6 Å². The summed E-state index contributed by atoms with van der Waals surface area (Å²) >= 11 is 0. The van der Waals surface area contributed by atoms with Crippen molar-refractivity contribution >= 4 is 17.6 Å². The van der Waals surface area contributed by atoms with Gasteiger partial charge in [-0.15, -0.1) is 13.2 Å². The Labute approximate surface area is 163 Å². The Bertz CT molecular complexity index is 1050. The molecule has 0 unspecified atom stereocenters. The van der Waals surface area contributed by atoms with Crippen molar-refractivity contribution in [2.75, 3.05) is 5.32 Å². The number of carboxylic acid groups (broad SMARTS) is 1. The van der Waals surface area contributed by atoms with Crippen LogP contribution in [0, 0.1) is 0 Å². The zero-order chi connectivity index (χ0) is 21.0. The molecule has 0 heterocycles. The molecular formula is C21H14F3NO4. The fraction of sp³-hybridized carbons (Fsp3) is 0.0476. The lowest BCUT2D eigenvalue weighted by Crippen LogP contribution is -2.17. The Balaban J connectivity index is 1.96. The molecule has 0 aliphatic rings. The summed E-state index contributed by atoms with van der Waals surface area (Å²) in [4.78, 5) is 23.9. The standard InChI is InChI=1S/C21H14F3NO4/c22-21(23,24)29-16-8-4-7-14(11-16)15-9-10-17(20(27)28)18(12-15)25-19(26)13-5-2-1-3-6-13/h1-12H,(H,25,26)(H,27,28). The minimum atomic E-state index is -4.83. The Morgan fingerprint density at radius 2 is 1.55 bits per heavy atom. The van der Waals surface area contributed by atoms with Crippen LogP contribution in [0.15, 0.2) is 72.8 Å². The highest BCUT2D eigenvalue weighted by molar-refractivity contribution is 6.08. The SMILES string of the molecule is O=C(Nc1cc(-c2cccc(OC(F)(F)F)c2)ccc1C(=O)O)c1ccccc1. The second kappa shape index (κ2) is 8.05. The van der Waals surface area contributed by atoms with Crippen molar-refractivity contribution in [1.29, 1.82) is 0 Å². The van der Waals surface area contributed by atoms with Crippen molar-refractivity contribution in [3.8, 4) is 16.9 Å². The van der Waals surface area contributed by atoms with Crippen molar-refractivity contribution in [3.63, 3.8) is 0 Å². The lowest BCUT2D eigenvalue weighted by Gasteiger charge is -2.13. The predicted molar refractivity (Wildman–Crippen MR) is 99.9 cm³/mol. The summed E-state index contributed by atoms with van der Waals surface area (Å²) in [6.45, 7) is 0. The van der Waals surface area contributed by atoms with Gasteiger partial charge in [-0.05, 0) is 47.5 Å². The number of hydrogen-bond acceptors (Lipinski definition) is 3. The van der Waals surface area contributed by atoms with E-state index in [0.717, 1.165) is 6.07 Å². The summed E-state index contributed by atoms with van der Waals surface area (Å²) in [7, 11) is 0. The number of carbonyl (C=O) groups excluding carboxylic acids is 1. The Morgan fingerprint density at radius 1 is 0.862 bits per heavy atom. The molecule has 0 aliphatic carbocycles. The van der Waals surface area contributed by atoms with E-state index in [2.05, 4.69) is 10.1 Å². The van der Waals surface area contributed by atoms with E-state index in [-0.39, 0.29) is 11.3 Å². The Hall–Kier alpha value is -3.81. The molecule has 0 fully saturated rings. The number of amides is 1. The van der Waals surface area contributed by atoms with Crippen molar-refractivity contribution in [2.24, 2.45) is 0 Å². The van der Waals surface area contributed by atoms with Gasteiger partial charge in [0.2, 0.25) is 0 Å². The lowest BCUT2D eigenvalue weighted by atomic mass is 10.0. The zero-order valence-corrected chi connectivity index (χ0v) is 14.7. The number of carbonyl (C=O) groups is 2. The number of ether oxygens (including phenoxy) is 1. The van der Waals surface area contributed by atoms with Crippen molar-refractivity contribution in [1.82, 2.24) is 0 Å². The second-order valence-electron chi connectivity index (χ2n) is 5.96. The number of halogens is 3. The molecule has 1 amide bonds. The molecule has 148 valence electrons. The number of nitrogens with one attached hydrogen (secondary N) is 1. The molecule has 3 rings (SSSR count). The third-order valence-corrected chi connectivity index (χ3v) is 3.94. The molecule has 0 aromatic heterocycles. The summed E-state index contributed by atoms with van der Waals surface area (Å²) < 4.78 is 41.3. The fourth-order valence-corrected chi connectivity index (χ4v) is 2.67. The number of aromatic carboxylic acids is 1. The molecule has 3 aromatic carbocycles. The highest BCUT2D eigenvalue weighted by Gasteiger charge is 2.31. The maximum absolute atomic E-state index is 12.5. The number of hydrogen-bond donors (Lipinski definition) is 2. The van der Waals surface area contributed by atoms with Gasteiger partial charge in [0.1, 0.15) is 5.75 Å². The molecule has 0 aliphatic heterocycles. The van der Waals surface area contributed by atoms with E-state index in [9.17, 15) is 27.9 Å². The van der Waals surface area contributed by atoms with Gasteiger partial charge < -0.3 is 15.2 Å². The van der Waals surface area contributed by atoms with Crippen LogP contribution in [-0.2, 0) is 0 Å². The van der Waals surface area contributed by atoms with Gasteiger partial charge in [0, 0.05) is 5.56 Å². The summed E-state index contributed by atoms with van der Waals surface area (Å²) in [6.07, 6.45) is -4.83. The van der Waals surface area contributed by atoms with Gasteiger partial charge >= 0.3 is 12.3 Å². The van der Waals surface area contributed by atoms with Crippen molar-refractivity contribution in [2.45, 2.75) is 6.36 Å². The van der Waals surface area contributed by atoms with Crippen LogP contribution in [0.2, 0.25) is 0 Å². The largest absolute Gasteiger partial charge is 0.573 e. The highest BCUT2D eigenvalue weighted by atomic mass is 19.4.